The first-order chi connectivity index (χ1) is 2.27. The van der Waals surface area contributed by atoms with E-state index in [1.165, 1.54) is 0 Å². The van der Waals surface area contributed by atoms with E-state index in [9.17, 15) is 0 Å². The fourth-order valence-electron chi connectivity index (χ4n) is 0. The van der Waals surface area contributed by atoms with Crippen LogP contribution in [0.1, 0.15) is 13.8 Å². The molecule has 0 aromatic rings. The number of hydrogen-bond donors (Lipinski definition) is 0. The summed E-state index contributed by atoms with van der Waals surface area (Å²) in [5.41, 5.74) is 0. The van der Waals surface area contributed by atoms with Crippen LogP contribution in [0.25, 0.3) is 0 Å². The quantitative estimate of drug-likeness (QED) is 0.335. The van der Waals surface area contributed by atoms with Gasteiger partial charge in [-0.1, -0.05) is 0 Å². The SMILES string of the molecule is CC(C)B=P. The van der Waals surface area contributed by atoms with Crippen molar-refractivity contribution in [1.82, 2.24) is 0 Å². The molecule has 2 heteroatoms. The average molecular weight is 85.9 g/mol. The minimum atomic E-state index is 0.673. The second kappa shape index (κ2) is 2.59. The minimum absolute atomic E-state index is 0.673. The predicted octanol–water partition coefficient (Wildman–Crippen LogP) is 1.58. The summed E-state index contributed by atoms with van der Waals surface area (Å²) in [6, 6.07) is 0. The van der Waals surface area contributed by atoms with Crippen LogP contribution >= 0.6 is 8.73 Å². The van der Waals surface area contributed by atoms with E-state index in [-0.39, 0.29) is 0 Å². The molecule has 0 heterocycles. The van der Waals surface area contributed by atoms with E-state index in [0.717, 1.165) is 0 Å². The summed E-state index contributed by atoms with van der Waals surface area (Å²) >= 11 is 0. The summed E-state index contributed by atoms with van der Waals surface area (Å²) in [5.74, 6) is 0.673. The Bertz CT molecular complexity index is 33.9. The molecule has 0 aliphatic heterocycles. The van der Waals surface area contributed by atoms with Crippen molar-refractivity contribution < 1.29 is 0 Å². The van der Waals surface area contributed by atoms with Gasteiger partial charge in [-0.25, -0.2) is 0 Å². The summed E-state index contributed by atoms with van der Waals surface area (Å²) in [7, 11) is 3.23. The summed E-state index contributed by atoms with van der Waals surface area (Å²) in [4.78, 5) is 0. The molecule has 0 saturated heterocycles. The van der Waals surface area contributed by atoms with Gasteiger partial charge in [0.1, 0.15) is 0 Å². The van der Waals surface area contributed by atoms with Gasteiger partial charge in [0, 0.05) is 0 Å². The first kappa shape index (κ1) is 5.36. The second-order valence-corrected chi connectivity index (χ2v) is 1.74. The molecule has 0 aromatic carbocycles. The van der Waals surface area contributed by atoms with Crippen LogP contribution in [-0.4, -0.2) is 6.62 Å². The first-order valence-corrected chi connectivity index (χ1v) is 2.35. The van der Waals surface area contributed by atoms with Crippen molar-refractivity contribution in [2.24, 2.45) is 0 Å². The normalized spacial score (nSPS) is 7.80. The molecule has 0 radical (unpaired) electrons. The molecule has 0 unspecified atom stereocenters. The molecule has 0 atom stereocenters. The van der Waals surface area contributed by atoms with Crippen LogP contribution in [0.5, 0.6) is 0 Å². The third kappa shape index (κ3) is 4.36. The Morgan fingerprint density at radius 3 is 1.80 bits per heavy atom. The first-order valence-electron chi connectivity index (χ1n) is 1.78. The Morgan fingerprint density at radius 2 is 1.80 bits per heavy atom. The molecular weight excluding hydrogens is 77.8 g/mol. The molecular formula is C3H8BP. The molecule has 0 nitrogen and oxygen atoms in total. The Hall–Kier alpha value is 0.365. The predicted molar refractivity (Wildman–Crippen MR) is 29.2 cm³/mol. The van der Waals surface area contributed by atoms with E-state index in [4.69, 9.17) is 0 Å². The van der Waals surface area contributed by atoms with Crippen molar-refractivity contribution in [1.29, 1.82) is 0 Å². The average Bonchev–Trinajstić information content (AvgIpc) is 1.38. The van der Waals surface area contributed by atoms with Gasteiger partial charge in [0.05, 0.1) is 0 Å². The summed E-state index contributed by atoms with van der Waals surface area (Å²) in [5, 5.41) is 0. The second-order valence-electron chi connectivity index (χ2n) is 1.41. The molecule has 0 fully saturated rings. The van der Waals surface area contributed by atoms with Crippen LogP contribution in [-0.2, 0) is 0 Å². The fourth-order valence-corrected chi connectivity index (χ4v) is 0. The van der Waals surface area contributed by atoms with E-state index in [2.05, 4.69) is 22.6 Å². The van der Waals surface area contributed by atoms with Gasteiger partial charge >= 0.3 is 35.0 Å². The van der Waals surface area contributed by atoms with Gasteiger partial charge in [-0.05, 0) is 0 Å². The van der Waals surface area contributed by atoms with Crippen molar-refractivity contribution in [3.05, 3.63) is 0 Å². The number of hydrogen-bond acceptors (Lipinski definition) is 0. The molecule has 0 spiro atoms. The molecule has 0 aliphatic rings. The third-order valence-corrected chi connectivity index (χ3v) is 1.00. The molecule has 0 bridgehead atoms. The molecule has 0 rings (SSSR count). The molecule has 0 aliphatic carbocycles. The monoisotopic (exact) mass is 86.0 g/mol. The van der Waals surface area contributed by atoms with Gasteiger partial charge in [-0.15, -0.1) is 0 Å². The van der Waals surface area contributed by atoms with Crippen LogP contribution in [0.2, 0.25) is 5.82 Å². The fraction of sp³-hybridized carbons (Fsp3) is 1.00. The van der Waals surface area contributed by atoms with Gasteiger partial charge in [0.2, 0.25) is 0 Å². The Labute approximate surface area is 36.0 Å². The maximum absolute atomic E-state index is 3.23. The maximum atomic E-state index is 3.23. The van der Waals surface area contributed by atoms with Gasteiger partial charge < -0.3 is 0 Å². The van der Waals surface area contributed by atoms with Crippen molar-refractivity contribution in [2.45, 2.75) is 19.7 Å². The van der Waals surface area contributed by atoms with Crippen molar-refractivity contribution in [3.8, 4) is 0 Å². The molecule has 0 saturated carbocycles. The molecule has 0 N–H and O–H groups in total. The van der Waals surface area contributed by atoms with Crippen LogP contribution < -0.4 is 0 Å². The zero-order valence-corrected chi connectivity index (χ0v) is 4.65. The Balaban J connectivity index is 2.83. The molecule has 0 aromatic heterocycles. The zero-order valence-electron chi connectivity index (χ0n) is 3.65. The van der Waals surface area contributed by atoms with Crippen LogP contribution in [0, 0.1) is 0 Å². The molecule has 5 heavy (non-hydrogen) atoms. The van der Waals surface area contributed by atoms with E-state index in [0.29, 0.717) is 5.82 Å². The van der Waals surface area contributed by atoms with Crippen LogP contribution in [0.15, 0.2) is 0 Å². The van der Waals surface area contributed by atoms with E-state index in [1.807, 2.05) is 6.62 Å². The van der Waals surface area contributed by atoms with Gasteiger partial charge in [-0.3, -0.25) is 0 Å². The van der Waals surface area contributed by atoms with Crippen molar-refractivity contribution in [2.75, 3.05) is 0 Å². The van der Waals surface area contributed by atoms with Gasteiger partial charge in [0.25, 0.3) is 0 Å². The van der Waals surface area contributed by atoms with E-state index >= 15 is 0 Å². The summed E-state index contributed by atoms with van der Waals surface area (Å²) in [6.07, 6.45) is 0. The zero-order chi connectivity index (χ0) is 4.28. The van der Waals surface area contributed by atoms with Crippen molar-refractivity contribution in [3.63, 3.8) is 0 Å². The summed E-state index contributed by atoms with van der Waals surface area (Å²) < 4.78 is 0. The molecule has 28 valence electrons. The van der Waals surface area contributed by atoms with E-state index in [1.54, 1.807) is 0 Å². The summed E-state index contributed by atoms with van der Waals surface area (Å²) in [6.45, 7) is 6.21. The van der Waals surface area contributed by atoms with E-state index < -0.39 is 0 Å². The standard InChI is InChI=1S/C3H8BP/c1-3(2)4-5/h3,5H,1-2H3. The third-order valence-electron chi connectivity index (χ3n) is 0.333. The van der Waals surface area contributed by atoms with Crippen LogP contribution in [0.4, 0.5) is 0 Å². The van der Waals surface area contributed by atoms with Crippen molar-refractivity contribution >= 4 is 15.3 Å². The van der Waals surface area contributed by atoms with Gasteiger partial charge in [-0.2, -0.15) is 0 Å². The topological polar surface area (TPSA) is 0 Å². The van der Waals surface area contributed by atoms with Gasteiger partial charge in [0.15, 0.2) is 0 Å². The Morgan fingerprint density at radius 1 is 1.60 bits per heavy atom. The number of rotatable bonds is 1. The van der Waals surface area contributed by atoms with Crippen LogP contribution in [0.3, 0.4) is 0 Å². The molecule has 0 amide bonds. The Kier molecular flexibility index (Phi) is 2.78.